The van der Waals surface area contributed by atoms with Crippen molar-refractivity contribution >= 4 is 33.5 Å². The molecule has 0 aliphatic carbocycles. The average Bonchev–Trinajstić information content (AvgIpc) is 2.34. The van der Waals surface area contributed by atoms with Gasteiger partial charge in [0, 0.05) is 5.02 Å². The molecule has 2 nitrogen and oxygen atoms in total. The van der Waals surface area contributed by atoms with Crippen LogP contribution in [0.25, 0.3) is 11.1 Å². The molecule has 0 aliphatic rings. The molecule has 0 amide bonds. The second kappa shape index (κ2) is 5.27. The molecule has 1 N–H and O–H groups in total. The maximum Gasteiger partial charge on any atom is 0.335 e. The van der Waals surface area contributed by atoms with E-state index in [1.165, 1.54) is 24.3 Å². The number of benzene rings is 2. The quantitative estimate of drug-likeness (QED) is 0.796. The first-order valence-corrected chi connectivity index (χ1v) is 6.25. The van der Waals surface area contributed by atoms with Gasteiger partial charge in [-0.15, -0.1) is 0 Å². The Balaban J connectivity index is 2.72. The van der Waals surface area contributed by atoms with E-state index in [2.05, 4.69) is 15.9 Å². The largest absolute Gasteiger partial charge is 0.478 e. The van der Waals surface area contributed by atoms with Crippen molar-refractivity contribution in [2.45, 2.75) is 0 Å². The third-order valence-corrected chi connectivity index (χ3v) is 3.31. The van der Waals surface area contributed by atoms with Gasteiger partial charge in [0.2, 0.25) is 0 Å². The lowest BCUT2D eigenvalue weighted by Gasteiger charge is -2.08. The normalized spacial score (nSPS) is 10.5. The first-order valence-electron chi connectivity index (χ1n) is 5.08. The highest BCUT2D eigenvalue weighted by atomic mass is 79.9. The van der Waals surface area contributed by atoms with Gasteiger partial charge in [-0.25, -0.2) is 13.6 Å². The number of carbonyl (C=O) groups is 1. The third kappa shape index (κ3) is 2.77. The Morgan fingerprint density at radius 1 is 1.21 bits per heavy atom. The van der Waals surface area contributed by atoms with Crippen LogP contribution >= 0.6 is 27.5 Å². The highest BCUT2D eigenvalue weighted by Crippen LogP contribution is 2.32. The van der Waals surface area contributed by atoms with Crippen LogP contribution in [0.5, 0.6) is 0 Å². The zero-order valence-corrected chi connectivity index (χ0v) is 11.6. The summed E-state index contributed by atoms with van der Waals surface area (Å²) in [7, 11) is 0. The van der Waals surface area contributed by atoms with E-state index in [-0.39, 0.29) is 26.2 Å². The van der Waals surface area contributed by atoms with Gasteiger partial charge in [0.25, 0.3) is 0 Å². The Morgan fingerprint density at radius 2 is 1.89 bits per heavy atom. The first kappa shape index (κ1) is 14.0. The van der Waals surface area contributed by atoms with Crippen LogP contribution in [0.3, 0.4) is 0 Å². The predicted molar refractivity (Wildman–Crippen MR) is 71.5 cm³/mol. The van der Waals surface area contributed by atoms with E-state index < -0.39 is 17.6 Å². The van der Waals surface area contributed by atoms with Crippen LogP contribution in [0.1, 0.15) is 10.4 Å². The van der Waals surface area contributed by atoms with Crippen molar-refractivity contribution < 1.29 is 18.7 Å². The van der Waals surface area contributed by atoms with Gasteiger partial charge >= 0.3 is 5.97 Å². The van der Waals surface area contributed by atoms with E-state index in [4.69, 9.17) is 16.7 Å². The second-order valence-corrected chi connectivity index (χ2v) is 5.04. The number of carboxylic acids is 1. The van der Waals surface area contributed by atoms with Crippen molar-refractivity contribution in [1.82, 2.24) is 0 Å². The number of hydrogen-bond acceptors (Lipinski definition) is 1. The van der Waals surface area contributed by atoms with Crippen LogP contribution in [0.4, 0.5) is 8.78 Å². The number of carboxylic acid groups (broad SMARTS) is 1. The van der Waals surface area contributed by atoms with E-state index in [1.807, 2.05) is 0 Å². The zero-order valence-electron chi connectivity index (χ0n) is 9.25. The Kier molecular flexibility index (Phi) is 3.87. The van der Waals surface area contributed by atoms with Crippen LogP contribution < -0.4 is 0 Å². The van der Waals surface area contributed by atoms with Crippen LogP contribution in [-0.2, 0) is 0 Å². The van der Waals surface area contributed by atoms with E-state index in [0.717, 1.165) is 6.07 Å². The average molecular weight is 348 g/mol. The third-order valence-electron chi connectivity index (χ3n) is 2.48. The van der Waals surface area contributed by atoms with Gasteiger partial charge in [0.15, 0.2) is 0 Å². The summed E-state index contributed by atoms with van der Waals surface area (Å²) in [6, 6.07) is 6.01. The minimum absolute atomic E-state index is 0.0706. The van der Waals surface area contributed by atoms with Gasteiger partial charge in [-0.3, -0.25) is 0 Å². The Hall–Kier alpha value is -1.46. The summed E-state index contributed by atoms with van der Waals surface area (Å²) in [5.74, 6) is -2.82. The Bertz CT molecular complexity index is 674. The predicted octanol–water partition coefficient (Wildman–Crippen LogP) is 4.75. The van der Waals surface area contributed by atoms with Crippen LogP contribution in [-0.4, -0.2) is 11.1 Å². The molecule has 0 radical (unpaired) electrons. The molecule has 0 bridgehead atoms. The standard InChI is InChI=1S/C13H6BrClF2O2/c14-9-1-2-10(16)11(12(9)17)6-3-7(13(18)19)5-8(15)4-6/h1-5H,(H,18,19). The molecule has 0 heterocycles. The van der Waals surface area contributed by atoms with E-state index >= 15 is 0 Å². The highest BCUT2D eigenvalue weighted by molar-refractivity contribution is 9.10. The van der Waals surface area contributed by atoms with E-state index in [0.29, 0.717) is 0 Å². The molecular weight excluding hydrogens is 341 g/mol. The summed E-state index contributed by atoms with van der Waals surface area (Å²) < 4.78 is 27.7. The van der Waals surface area contributed by atoms with Gasteiger partial charge in [-0.1, -0.05) is 11.6 Å². The van der Waals surface area contributed by atoms with Gasteiger partial charge in [0.05, 0.1) is 15.6 Å². The second-order valence-electron chi connectivity index (χ2n) is 3.75. The molecule has 2 aromatic rings. The van der Waals surface area contributed by atoms with Gasteiger partial charge in [-0.05, 0) is 51.8 Å². The summed E-state index contributed by atoms with van der Waals surface area (Å²) in [6.45, 7) is 0. The minimum atomic E-state index is -1.22. The Morgan fingerprint density at radius 3 is 2.53 bits per heavy atom. The SMILES string of the molecule is O=C(O)c1cc(Cl)cc(-c2c(F)ccc(Br)c2F)c1. The monoisotopic (exact) mass is 346 g/mol. The molecule has 0 fully saturated rings. The molecule has 0 atom stereocenters. The lowest BCUT2D eigenvalue weighted by atomic mass is 10.0. The number of halogens is 4. The van der Waals surface area contributed by atoms with Crippen LogP contribution in [0, 0.1) is 11.6 Å². The fourth-order valence-electron chi connectivity index (χ4n) is 1.65. The van der Waals surface area contributed by atoms with E-state index in [9.17, 15) is 13.6 Å². The fourth-order valence-corrected chi connectivity index (χ4v) is 2.21. The number of aromatic carboxylic acids is 1. The summed E-state index contributed by atoms with van der Waals surface area (Å²) in [6.07, 6.45) is 0. The minimum Gasteiger partial charge on any atom is -0.478 e. The number of hydrogen-bond donors (Lipinski definition) is 1. The number of rotatable bonds is 2. The van der Waals surface area contributed by atoms with Crippen molar-refractivity contribution in [2.75, 3.05) is 0 Å². The highest BCUT2D eigenvalue weighted by Gasteiger charge is 2.16. The van der Waals surface area contributed by atoms with Crippen molar-refractivity contribution in [2.24, 2.45) is 0 Å². The zero-order chi connectivity index (χ0) is 14.2. The molecule has 6 heteroatoms. The van der Waals surface area contributed by atoms with Gasteiger partial charge < -0.3 is 5.11 Å². The molecule has 0 saturated heterocycles. The molecule has 0 spiro atoms. The smallest absolute Gasteiger partial charge is 0.335 e. The topological polar surface area (TPSA) is 37.3 Å². The Labute approximate surface area is 120 Å². The molecule has 2 aromatic carbocycles. The van der Waals surface area contributed by atoms with Crippen LogP contribution in [0.2, 0.25) is 5.02 Å². The summed E-state index contributed by atoms with van der Waals surface area (Å²) >= 11 is 8.72. The van der Waals surface area contributed by atoms with Crippen molar-refractivity contribution in [3.63, 3.8) is 0 Å². The van der Waals surface area contributed by atoms with Crippen molar-refractivity contribution in [3.8, 4) is 11.1 Å². The maximum absolute atomic E-state index is 13.9. The molecule has 98 valence electrons. The molecule has 0 unspecified atom stereocenters. The summed E-state index contributed by atoms with van der Waals surface area (Å²) in [5.41, 5.74) is -0.387. The van der Waals surface area contributed by atoms with Gasteiger partial charge in [0.1, 0.15) is 11.6 Å². The van der Waals surface area contributed by atoms with Crippen molar-refractivity contribution in [1.29, 1.82) is 0 Å². The van der Waals surface area contributed by atoms with Crippen LogP contribution in [0.15, 0.2) is 34.8 Å². The summed E-state index contributed by atoms with van der Waals surface area (Å²) in [4.78, 5) is 10.9. The van der Waals surface area contributed by atoms with Crippen molar-refractivity contribution in [3.05, 3.63) is 57.0 Å². The van der Waals surface area contributed by atoms with E-state index in [1.54, 1.807) is 0 Å². The molecule has 2 rings (SSSR count). The first-order chi connectivity index (χ1) is 8.90. The molecule has 0 saturated carbocycles. The lowest BCUT2D eigenvalue weighted by molar-refractivity contribution is 0.0697. The molecule has 0 aromatic heterocycles. The molecule has 19 heavy (non-hydrogen) atoms. The maximum atomic E-state index is 13.9. The fraction of sp³-hybridized carbons (Fsp3) is 0. The molecular formula is C13H6BrClF2O2. The summed E-state index contributed by atoms with van der Waals surface area (Å²) in [5, 5.41) is 9.01. The molecule has 0 aliphatic heterocycles. The lowest BCUT2D eigenvalue weighted by Crippen LogP contribution is -1.98. The van der Waals surface area contributed by atoms with Gasteiger partial charge in [-0.2, -0.15) is 0 Å².